The maximum atomic E-state index is 12.9. The van der Waals surface area contributed by atoms with Crippen LogP contribution in [0, 0.1) is 20.8 Å². The third-order valence-electron chi connectivity index (χ3n) is 5.31. The zero-order chi connectivity index (χ0) is 23.0. The molecule has 0 spiro atoms. The number of methoxy groups -OCH3 is 3. The number of furan rings is 1. The van der Waals surface area contributed by atoms with Gasteiger partial charge in [0.1, 0.15) is 16.7 Å². The number of hydrogen-bond donors (Lipinski definition) is 1. The van der Waals surface area contributed by atoms with Crippen LogP contribution >= 0.6 is 0 Å². The van der Waals surface area contributed by atoms with Crippen LogP contribution in [0.5, 0.6) is 17.2 Å². The fourth-order valence-corrected chi connectivity index (χ4v) is 3.83. The van der Waals surface area contributed by atoms with Crippen LogP contribution in [0.25, 0.3) is 22.1 Å². The highest BCUT2D eigenvalue weighted by Gasteiger charge is 2.24. The lowest BCUT2D eigenvalue weighted by Gasteiger charge is -2.15. The van der Waals surface area contributed by atoms with Crippen molar-refractivity contribution in [2.75, 3.05) is 26.6 Å². The lowest BCUT2D eigenvalue weighted by Crippen LogP contribution is -2.01. The van der Waals surface area contributed by atoms with Crippen LogP contribution in [-0.4, -0.2) is 21.3 Å². The van der Waals surface area contributed by atoms with E-state index >= 15 is 0 Å². The SMILES string of the molecule is COc1cc(-c2c(Nc3ccc(C)cc3C)oc3cc(C)oc(=O)c23)cc(OC)c1OC. The van der Waals surface area contributed by atoms with Crippen molar-refractivity contribution in [2.24, 2.45) is 0 Å². The summed E-state index contributed by atoms with van der Waals surface area (Å²) in [6.07, 6.45) is 0. The van der Waals surface area contributed by atoms with Gasteiger partial charge in [0.2, 0.25) is 11.6 Å². The Labute approximate surface area is 185 Å². The summed E-state index contributed by atoms with van der Waals surface area (Å²) in [5, 5.41) is 3.68. The maximum absolute atomic E-state index is 12.9. The second kappa shape index (κ2) is 8.34. The zero-order valence-electron chi connectivity index (χ0n) is 18.9. The Balaban J connectivity index is 2.01. The van der Waals surface area contributed by atoms with E-state index in [-0.39, 0.29) is 0 Å². The number of benzene rings is 2. The molecule has 0 radical (unpaired) electrons. The minimum absolute atomic E-state index is 0.331. The monoisotopic (exact) mass is 435 g/mol. The highest BCUT2D eigenvalue weighted by Crippen LogP contribution is 2.46. The first-order valence-electron chi connectivity index (χ1n) is 10.1. The van der Waals surface area contributed by atoms with Gasteiger partial charge in [0.05, 0.1) is 26.9 Å². The fraction of sp³-hybridized carbons (Fsp3) is 0.240. The lowest BCUT2D eigenvalue weighted by atomic mass is 10.0. The number of nitrogens with one attached hydrogen (secondary N) is 1. The van der Waals surface area contributed by atoms with Gasteiger partial charge in [0, 0.05) is 11.8 Å². The molecule has 0 aliphatic heterocycles. The fourth-order valence-electron chi connectivity index (χ4n) is 3.83. The molecule has 32 heavy (non-hydrogen) atoms. The average molecular weight is 435 g/mol. The summed E-state index contributed by atoms with van der Waals surface area (Å²) in [7, 11) is 4.63. The van der Waals surface area contributed by atoms with E-state index in [0.29, 0.717) is 51.0 Å². The van der Waals surface area contributed by atoms with Crippen molar-refractivity contribution in [1.29, 1.82) is 0 Å². The van der Waals surface area contributed by atoms with Crippen LogP contribution in [0.2, 0.25) is 0 Å². The molecule has 0 unspecified atom stereocenters. The van der Waals surface area contributed by atoms with Gasteiger partial charge in [0.15, 0.2) is 11.5 Å². The van der Waals surface area contributed by atoms with Crippen LogP contribution in [0.15, 0.2) is 50.0 Å². The molecular weight excluding hydrogens is 410 g/mol. The minimum Gasteiger partial charge on any atom is -0.493 e. The molecule has 7 heteroatoms. The highest BCUT2D eigenvalue weighted by atomic mass is 16.5. The predicted octanol–water partition coefficient (Wildman–Crippen LogP) is 5.75. The van der Waals surface area contributed by atoms with Gasteiger partial charge in [-0.25, -0.2) is 4.79 Å². The number of fused-ring (bicyclic) bond motifs is 1. The summed E-state index contributed by atoms with van der Waals surface area (Å²) in [4.78, 5) is 12.9. The van der Waals surface area contributed by atoms with Gasteiger partial charge < -0.3 is 28.4 Å². The normalized spacial score (nSPS) is 10.9. The molecule has 0 aliphatic rings. The van der Waals surface area contributed by atoms with E-state index in [4.69, 9.17) is 23.0 Å². The number of aryl methyl sites for hydroxylation is 3. The number of anilines is 2. The van der Waals surface area contributed by atoms with E-state index in [9.17, 15) is 4.79 Å². The van der Waals surface area contributed by atoms with Crippen molar-refractivity contribution in [3.05, 3.63) is 63.7 Å². The molecule has 0 fully saturated rings. The Morgan fingerprint density at radius 1 is 0.844 bits per heavy atom. The molecule has 0 amide bonds. The van der Waals surface area contributed by atoms with Gasteiger partial charge in [-0.1, -0.05) is 17.7 Å². The van der Waals surface area contributed by atoms with Crippen molar-refractivity contribution in [1.82, 2.24) is 0 Å². The first kappa shape index (κ1) is 21.4. The zero-order valence-corrected chi connectivity index (χ0v) is 18.9. The molecule has 166 valence electrons. The van der Waals surface area contributed by atoms with Crippen LogP contribution in [-0.2, 0) is 0 Å². The number of hydrogen-bond acceptors (Lipinski definition) is 7. The molecule has 2 heterocycles. The van der Waals surface area contributed by atoms with Gasteiger partial charge in [-0.05, 0) is 50.1 Å². The molecule has 0 saturated carbocycles. The van der Waals surface area contributed by atoms with E-state index in [2.05, 4.69) is 11.4 Å². The molecule has 0 aliphatic carbocycles. The van der Waals surface area contributed by atoms with Crippen molar-refractivity contribution < 1.29 is 23.0 Å². The molecule has 2 aromatic heterocycles. The van der Waals surface area contributed by atoms with Gasteiger partial charge >= 0.3 is 5.63 Å². The Morgan fingerprint density at radius 2 is 1.53 bits per heavy atom. The summed E-state index contributed by atoms with van der Waals surface area (Å²) in [5.41, 5.74) is 4.21. The first-order chi connectivity index (χ1) is 15.4. The Bertz CT molecular complexity index is 1340. The van der Waals surface area contributed by atoms with E-state index in [1.54, 1.807) is 39.3 Å². The second-order valence-electron chi connectivity index (χ2n) is 7.55. The van der Waals surface area contributed by atoms with Crippen LogP contribution in [0.4, 0.5) is 11.6 Å². The Morgan fingerprint density at radius 3 is 2.12 bits per heavy atom. The summed E-state index contributed by atoms with van der Waals surface area (Å²) < 4.78 is 28.0. The van der Waals surface area contributed by atoms with Gasteiger partial charge in [-0.3, -0.25) is 0 Å². The molecule has 4 rings (SSSR count). The topological polar surface area (TPSA) is 83.1 Å². The van der Waals surface area contributed by atoms with Crippen LogP contribution < -0.4 is 25.2 Å². The molecule has 1 N–H and O–H groups in total. The molecule has 0 atom stereocenters. The summed E-state index contributed by atoms with van der Waals surface area (Å²) >= 11 is 0. The second-order valence-corrected chi connectivity index (χ2v) is 7.55. The molecule has 2 aromatic carbocycles. The molecular formula is C25H25NO6. The Kier molecular flexibility index (Phi) is 5.57. The van der Waals surface area contributed by atoms with Gasteiger partial charge in [-0.15, -0.1) is 0 Å². The van der Waals surface area contributed by atoms with Crippen LogP contribution in [0.1, 0.15) is 16.9 Å². The van der Waals surface area contributed by atoms with E-state index < -0.39 is 5.63 Å². The first-order valence-corrected chi connectivity index (χ1v) is 10.1. The maximum Gasteiger partial charge on any atom is 0.347 e. The molecule has 4 aromatic rings. The third kappa shape index (κ3) is 3.66. The number of ether oxygens (including phenoxy) is 3. The van der Waals surface area contributed by atoms with Crippen molar-refractivity contribution in [3.63, 3.8) is 0 Å². The molecule has 0 bridgehead atoms. The van der Waals surface area contributed by atoms with Crippen molar-refractivity contribution >= 4 is 22.5 Å². The van der Waals surface area contributed by atoms with Crippen molar-refractivity contribution in [2.45, 2.75) is 20.8 Å². The number of rotatable bonds is 6. The van der Waals surface area contributed by atoms with E-state index in [1.165, 1.54) is 7.11 Å². The van der Waals surface area contributed by atoms with Gasteiger partial charge in [0.25, 0.3) is 0 Å². The molecule has 0 saturated heterocycles. The third-order valence-corrected chi connectivity index (χ3v) is 5.31. The minimum atomic E-state index is -0.485. The standard InChI is InChI=1S/C25H25NO6/c1-13-7-8-17(14(2)9-13)26-24-21(22-18(32-24)10-15(3)31-25(22)27)16-11-19(28-4)23(30-6)20(12-16)29-5/h7-12,26H,1-6H3. The summed E-state index contributed by atoms with van der Waals surface area (Å²) in [6, 6.07) is 11.3. The highest BCUT2D eigenvalue weighted by molar-refractivity contribution is 6.01. The largest absolute Gasteiger partial charge is 0.493 e. The smallest absolute Gasteiger partial charge is 0.347 e. The summed E-state index contributed by atoms with van der Waals surface area (Å²) in [5.74, 6) is 2.26. The lowest BCUT2D eigenvalue weighted by molar-refractivity contribution is 0.324. The Hall–Kier alpha value is -3.87. The quantitative estimate of drug-likeness (QED) is 0.413. The van der Waals surface area contributed by atoms with Crippen molar-refractivity contribution in [3.8, 4) is 28.4 Å². The van der Waals surface area contributed by atoms with Crippen LogP contribution in [0.3, 0.4) is 0 Å². The average Bonchev–Trinajstić information content (AvgIpc) is 3.12. The molecule has 7 nitrogen and oxygen atoms in total. The predicted molar refractivity (Wildman–Crippen MR) is 124 cm³/mol. The van der Waals surface area contributed by atoms with E-state index in [1.807, 2.05) is 26.0 Å². The van der Waals surface area contributed by atoms with Gasteiger partial charge in [-0.2, -0.15) is 0 Å². The summed E-state index contributed by atoms with van der Waals surface area (Å²) in [6.45, 7) is 5.75. The van der Waals surface area contributed by atoms with E-state index in [0.717, 1.165) is 16.8 Å².